The van der Waals surface area contributed by atoms with Crippen molar-refractivity contribution in [3.8, 4) is 22.5 Å². The van der Waals surface area contributed by atoms with Crippen molar-refractivity contribution in [2.45, 2.75) is 62.8 Å². The number of aromatic nitrogens is 4. The first-order valence-electron chi connectivity index (χ1n) is 15.6. The van der Waals surface area contributed by atoms with Gasteiger partial charge in [-0.25, -0.2) is 9.97 Å². The van der Waals surface area contributed by atoms with Gasteiger partial charge in [0.1, 0.15) is 0 Å². The van der Waals surface area contributed by atoms with Gasteiger partial charge in [-0.15, -0.1) is 0 Å². The second-order valence-electron chi connectivity index (χ2n) is 12.3. The Kier molecular flexibility index (Phi) is 7.95. The highest BCUT2D eigenvalue weighted by molar-refractivity contribution is 5.69. The molecular formula is C34H41N5O3. The van der Waals surface area contributed by atoms with E-state index in [2.05, 4.69) is 72.9 Å². The summed E-state index contributed by atoms with van der Waals surface area (Å²) >= 11 is 0. The molecule has 8 nitrogen and oxygen atoms in total. The lowest BCUT2D eigenvalue weighted by Gasteiger charge is -2.29. The Hall–Kier alpha value is -3.30. The maximum absolute atomic E-state index is 10.6. The molecular weight excluding hydrogens is 526 g/mol. The molecule has 0 bridgehead atoms. The lowest BCUT2D eigenvalue weighted by Crippen LogP contribution is -2.37. The van der Waals surface area contributed by atoms with Crippen LogP contribution < -0.4 is 5.32 Å². The summed E-state index contributed by atoms with van der Waals surface area (Å²) in [5.74, 6) is 0.636. The molecule has 6 unspecified atom stereocenters. The van der Waals surface area contributed by atoms with E-state index in [4.69, 9.17) is 4.74 Å². The highest BCUT2D eigenvalue weighted by atomic mass is 16.5. The normalized spacial score (nSPS) is 25.4. The van der Waals surface area contributed by atoms with Crippen molar-refractivity contribution in [1.82, 2.24) is 24.4 Å². The van der Waals surface area contributed by atoms with Crippen LogP contribution >= 0.6 is 0 Å². The minimum atomic E-state index is -0.322. The molecule has 8 heteroatoms. The van der Waals surface area contributed by atoms with Gasteiger partial charge in [-0.2, -0.15) is 0 Å². The van der Waals surface area contributed by atoms with Gasteiger partial charge in [-0.1, -0.05) is 48.5 Å². The predicted molar refractivity (Wildman–Crippen MR) is 162 cm³/mol. The third kappa shape index (κ3) is 5.22. The summed E-state index contributed by atoms with van der Waals surface area (Å²) in [6.07, 6.45) is 12.9. The largest absolute Gasteiger partial charge is 0.393 e. The minimum Gasteiger partial charge on any atom is -0.393 e. The molecule has 2 fully saturated rings. The molecule has 0 spiro atoms. The van der Waals surface area contributed by atoms with E-state index in [-0.39, 0.29) is 30.2 Å². The maximum Gasteiger partial charge on any atom is 0.0956 e. The van der Waals surface area contributed by atoms with Gasteiger partial charge in [0.15, 0.2) is 0 Å². The first-order chi connectivity index (χ1) is 20.7. The Balaban J connectivity index is 0.000000137. The van der Waals surface area contributed by atoms with Gasteiger partial charge < -0.3 is 29.4 Å². The molecule has 4 aromatic rings. The molecule has 4 aliphatic rings. The Morgan fingerprint density at radius 2 is 1.36 bits per heavy atom. The number of ether oxygens (including phenoxy) is 1. The molecule has 6 heterocycles. The minimum absolute atomic E-state index is 0.190. The topological polar surface area (TPSA) is 97.4 Å². The number of rotatable bonds is 6. The van der Waals surface area contributed by atoms with Crippen LogP contribution in [0.5, 0.6) is 0 Å². The number of fused-ring (bicyclic) bond motifs is 6. The summed E-state index contributed by atoms with van der Waals surface area (Å²) in [5, 5.41) is 24.7. The van der Waals surface area contributed by atoms with Crippen molar-refractivity contribution in [3.05, 3.63) is 84.7 Å². The molecule has 42 heavy (non-hydrogen) atoms. The third-order valence-corrected chi connectivity index (χ3v) is 9.74. The molecule has 3 N–H and O–H groups in total. The molecule has 2 saturated heterocycles. The van der Waals surface area contributed by atoms with Crippen LogP contribution in [0.25, 0.3) is 22.5 Å². The van der Waals surface area contributed by atoms with Gasteiger partial charge in [0.05, 0.1) is 67.3 Å². The molecule has 0 radical (unpaired) electrons. The van der Waals surface area contributed by atoms with E-state index in [9.17, 15) is 10.2 Å². The van der Waals surface area contributed by atoms with Crippen LogP contribution in [0.15, 0.2) is 73.6 Å². The van der Waals surface area contributed by atoms with Crippen molar-refractivity contribution in [2.24, 2.45) is 11.8 Å². The summed E-state index contributed by atoms with van der Waals surface area (Å²) in [6, 6.07) is 17.3. The van der Waals surface area contributed by atoms with Crippen LogP contribution in [-0.4, -0.2) is 67.8 Å². The Morgan fingerprint density at radius 1 is 0.786 bits per heavy atom. The standard InChI is InChI=1S/C17H21N3O.C17H20N2O2/c21-17(12-4-3-7-18-9-12)8-15-13-5-1-2-6-14(13)16-10-19-11-20(15)16;20-17(12-4-3-7-21-10-12)8-15-13-5-1-2-6-14(13)16-9-18-11-19(15)16/h1-2,5-6,10-12,15,17-18,21H,3-4,7-9H2;1-2,5-6,9,11-12,15,17,20H,3-4,7-8,10H2. The SMILES string of the molecule is OC(CC1c2ccccc2-c2cncn21)C1CCCNC1.OC(CC1c2ccccc2-c2cncn21)C1CCCOC1. The lowest BCUT2D eigenvalue weighted by molar-refractivity contribution is -0.0150. The van der Waals surface area contributed by atoms with E-state index >= 15 is 0 Å². The van der Waals surface area contributed by atoms with Gasteiger partial charge in [0, 0.05) is 30.2 Å². The second-order valence-corrected chi connectivity index (χ2v) is 12.3. The van der Waals surface area contributed by atoms with E-state index < -0.39 is 0 Å². The zero-order valence-electron chi connectivity index (χ0n) is 24.1. The highest BCUT2D eigenvalue weighted by Crippen LogP contribution is 2.43. The fourth-order valence-corrected chi connectivity index (χ4v) is 7.46. The number of nitrogens with one attached hydrogen (secondary N) is 1. The first-order valence-corrected chi connectivity index (χ1v) is 15.6. The molecule has 0 aliphatic carbocycles. The smallest absolute Gasteiger partial charge is 0.0956 e. The monoisotopic (exact) mass is 567 g/mol. The number of benzene rings is 2. The van der Waals surface area contributed by atoms with Crippen LogP contribution in [0.4, 0.5) is 0 Å². The maximum atomic E-state index is 10.6. The van der Waals surface area contributed by atoms with Crippen molar-refractivity contribution >= 4 is 0 Å². The van der Waals surface area contributed by atoms with E-state index in [1.807, 2.05) is 25.0 Å². The Labute approximate surface area is 247 Å². The molecule has 4 aliphatic heterocycles. The molecule has 0 saturated carbocycles. The van der Waals surface area contributed by atoms with Gasteiger partial charge in [0.25, 0.3) is 0 Å². The molecule has 2 aromatic carbocycles. The summed E-state index contributed by atoms with van der Waals surface area (Å²) < 4.78 is 9.92. The van der Waals surface area contributed by atoms with Crippen LogP contribution in [0.2, 0.25) is 0 Å². The summed E-state index contributed by atoms with van der Waals surface area (Å²) in [6.45, 7) is 3.54. The van der Waals surface area contributed by atoms with Crippen molar-refractivity contribution in [2.75, 3.05) is 26.3 Å². The van der Waals surface area contributed by atoms with Crippen molar-refractivity contribution in [3.63, 3.8) is 0 Å². The van der Waals surface area contributed by atoms with Crippen LogP contribution in [0, 0.1) is 11.8 Å². The fraction of sp³-hybridized carbons (Fsp3) is 0.471. The molecule has 0 amide bonds. The number of hydrogen-bond acceptors (Lipinski definition) is 6. The fourth-order valence-electron chi connectivity index (χ4n) is 7.46. The Bertz CT molecular complexity index is 1370. The molecule has 2 aromatic heterocycles. The quantitative estimate of drug-likeness (QED) is 0.309. The number of nitrogens with zero attached hydrogens (tertiary/aromatic N) is 4. The zero-order valence-corrected chi connectivity index (χ0v) is 24.1. The second kappa shape index (κ2) is 12.1. The lowest BCUT2D eigenvalue weighted by atomic mass is 9.88. The molecule has 220 valence electrons. The van der Waals surface area contributed by atoms with E-state index in [0.29, 0.717) is 12.5 Å². The highest BCUT2D eigenvalue weighted by Gasteiger charge is 2.34. The van der Waals surface area contributed by atoms with Crippen LogP contribution in [-0.2, 0) is 4.74 Å². The number of imidazole rings is 2. The first kappa shape index (κ1) is 27.5. The van der Waals surface area contributed by atoms with E-state index in [1.165, 1.54) is 34.4 Å². The average molecular weight is 568 g/mol. The van der Waals surface area contributed by atoms with Gasteiger partial charge in [-0.3, -0.25) is 0 Å². The zero-order chi connectivity index (χ0) is 28.5. The number of hydrogen-bond donors (Lipinski definition) is 3. The van der Waals surface area contributed by atoms with E-state index in [1.54, 1.807) is 0 Å². The summed E-state index contributed by atoms with van der Waals surface area (Å²) in [7, 11) is 0. The average Bonchev–Trinajstić information content (AvgIpc) is 3.83. The van der Waals surface area contributed by atoms with Crippen LogP contribution in [0.3, 0.4) is 0 Å². The number of aliphatic hydroxyl groups is 2. The summed E-state index contributed by atoms with van der Waals surface area (Å²) in [4.78, 5) is 8.55. The molecule has 8 rings (SSSR count). The van der Waals surface area contributed by atoms with Gasteiger partial charge >= 0.3 is 0 Å². The molecule has 6 atom stereocenters. The predicted octanol–water partition coefficient (Wildman–Crippen LogP) is 4.83. The van der Waals surface area contributed by atoms with Crippen LogP contribution in [0.1, 0.15) is 61.7 Å². The van der Waals surface area contributed by atoms with E-state index in [0.717, 1.165) is 57.5 Å². The Morgan fingerprint density at radius 3 is 1.90 bits per heavy atom. The van der Waals surface area contributed by atoms with Gasteiger partial charge in [0.2, 0.25) is 0 Å². The van der Waals surface area contributed by atoms with Crippen molar-refractivity contribution in [1.29, 1.82) is 0 Å². The number of aliphatic hydroxyl groups excluding tert-OH is 2. The van der Waals surface area contributed by atoms with Crippen molar-refractivity contribution < 1.29 is 14.9 Å². The number of piperidine rings is 1. The van der Waals surface area contributed by atoms with Gasteiger partial charge in [-0.05, 0) is 62.1 Å². The summed E-state index contributed by atoms with van der Waals surface area (Å²) in [5.41, 5.74) is 7.44. The third-order valence-electron chi connectivity index (χ3n) is 9.74.